The normalized spacial score (nSPS) is 21.7. The first-order valence-corrected chi connectivity index (χ1v) is 6.25. The predicted octanol–water partition coefficient (Wildman–Crippen LogP) is 2.08. The van der Waals surface area contributed by atoms with Crippen LogP contribution < -0.4 is 5.32 Å². The van der Waals surface area contributed by atoms with Crippen LogP contribution in [0.1, 0.15) is 24.3 Å². The van der Waals surface area contributed by atoms with E-state index < -0.39 is 0 Å². The summed E-state index contributed by atoms with van der Waals surface area (Å²) in [5, 5.41) is 2.86. The van der Waals surface area contributed by atoms with Gasteiger partial charge in [-0.15, -0.1) is 0 Å². The molecule has 0 saturated heterocycles. The summed E-state index contributed by atoms with van der Waals surface area (Å²) >= 11 is 0. The number of halogens is 1. The van der Waals surface area contributed by atoms with Crippen LogP contribution in [0.25, 0.3) is 0 Å². The van der Waals surface area contributed by atoms with Gasteiger partial charge in [0.1, 0.15) is 5.82 Å². The van der Waals surface area contributed by atoms with Gasteiger partial charge in [-0.25, -0.2) is 4.39 Å². The first-order chi connectivity index (χ1) is 8.74. The number of carbonyl (C=O) groups is 1. The minimum Gasteiger partial charge on any atom is -0.385 e. The smallest absolute Gasteiger partial charge is 0.223 e. The Labute approximate surface area is 106 Å². The summed E-state index contributed by atoms with van der Waals surface area (Å²) in [7, 11) is 1.64. The summed E-state index contributed by atoms with van der Waals surface area (Å²) in [6, 6.07) is 6.69. The molecule has 1 amide bonds. The van der Waals surface area contributed by atoms with Crippen LogP contribution in [0.2, 0.25) is 0 Å². The Kier molecular flexibility index (Phi) is 4.31. The van der Waals surface area contributed by atoms with E-state index in [1.807, 2.05) is 6.07 Å². The molecule has 4 heteroatoms. The number of carbonyl (C=O) groups excluding carboxylic acids is 1. The SMILES string of the molecule is COCCCNC(=O)C1CC1c1ccccc1F. The highest BCUT2D eigenvalue weighted by atomic mass is 19.1. The lowest BCUT2D eigenvalue weighted by Gasteiger charge is -2.05. The van der Waals surface area contributed by atoms with Crippen LogP contribution >= 0.6 is 0 Å². The van der Waals surface area contributed by atoms with Gasteiger partial charge in [0.25, 0.3) is 0 Å². The first-order valence-electron chi connectivity index (χ1n) is 6.25. The van der Waals surface area contributed by atoms with E-state index in [9.17, 15) is 9.18 Å². The molecule has 1 N–H and O–H groups in total. The molecule has 0 aliphatic heterocycles. The Balaban J connectivity index is 1.80. The lowest BCUT2D eigenvalue weighted by atomic mass is 10.1. The number of nitrogens with one attached hydrogen (secondary N) is 1. The standard InChI is InChI=1S/C14H18FNO2/c1-18-8-4-7-16-14(17)12-9-11(12)10-5-2-3-6-13(10)15/h2-3,5-6,11-12H,4,7-9H2,1H3,(H,16,17). The molecule has 2 unspecified atom stereocenters. The zero-order chi connectivity index (χ0) is 13.0. The lowest BCUT2D eigenvalue weighted by Crippen LogP contribution is -2.27. The van der Waals surface area contributed by atoms with Crippen molar-refractivity contribution in [3.05, 3.63) is 35.6 Å². The van der Waals surface area contributed by atoms with Crippen molar-refractivity contribution in [3.8, 4) is 0 Å². The van der Waals surface area contributed by atoms with Gasteiger partial charge >= 0.3 is 0 Å². The van der Waals surface area contributed by atoms with Crippen LogP contribution in [0, 0.1) is 11.7 Å². The van der Waals surface area contributed by atoms with Crippen molar-refractivity contribution in [2.75, 3.05) is 20.3 Å². The predicted molar refractivity (Wildman–Crippen MR) is 66.8 cm³/mol. The summed E-state index contributed by atoms with van der Waals surface area (Å²) in [4.78, 5) is 11.8. The molecule has 1 fully saturated rings. The maximum atomic E-state index is 13.5. The number of methoxy groups -OCH3 is 1. The van der Waals surface area contributed by atoms with Crippen LogP contribution in [0.4, 0.5) is 4.39 Å². The second-order valence-electron chi connectivity index (χ2n) is 4.61. The minimum atomic E-state index is -0.211. The maximum Gasteiger partial charge on any atom is 0.223 e. The molecule has 1 aliphatic rings. The van der Waals surface area contributed by atoms with Crippen LogP contribution in [-0.2, 0) is 9.53 Å². The van der Waals surface area contributed by atoms with E-state index in [4.69, 9.17) is 4.74 Å². The van der Waals surface area contributed by atoms with E-state index in [-0.39, 0.29) is 23.6 Å². The van der Waals surface area contributed by atoms with Crippen molar-refractivity contribution in [2.45, 2.75) is 18.8 Å². The Bertz CT molecular complexity index is 422. The second kappa shape index (κ2) is 5.96. The fourth-order valence-electron chi connectivity index (χ4n) is 2.16. The molecule has 18 heavy (non-hydrogen) atoms. The average Bonchev–Trinajstić information content (AvgIpc) is 3.15. The van der Waals surface area contributed by atoms with Crippen molar-refractivity contribution < 1.29 is 13.9 Å². The lowest BCUT2D eigenvalue weighted by molar-refractivity contribution is -0.122. The van der Waals surface area contributed by atoms with Gasteiger partial charge in [0, 0.05) is 26.2 Å². The topological polar surface area (TPSA) is 38.3 Å². The van der Waals surface area contributed by atoms with E-state index in [2.05, 4.69) is 5.32 Å². The van der Waals surface area contributed by atoms with Gasteiger partial charge in [-0.05, 0) is 30.4 Å². The van der Waals surface area contributed by atoms with Gasteiger partial charge in [-0.2, -0.15) is 0 Å². The molecule has 2 atom stereocenters. The fraction of sp³-hybridized carbons (Fsp3) is 0.500. The number of ether oxygens (including phenoxy) is 1. The number of amides is 1. The van der Waals surface area contributed by atoms with Gasteiger partial charge in [-0.3, -0.25) is 4.79 Å². The van der Waals surface area contributed by atoms with Gasteiger partial charge in [0.05, 0.1) is 0 Å². The summed E-state index contributed by atoms with van der Waals surface area (Å²) in [5.41, 5.74) is 0.662. The third-order valence-corrected chi connectivity index (χ3v) is 3.26. The zero-order valence-corrected chi connectivity index (χ0v) is 10.5. The summed E-state index contributed by atoms with van der Waals surface area (Å²) in [6.07, 6.45) is 1.55. The van der Waals surface area contributed by atoms with Gasteiger partial charge in [0.15, 0.2) is 0 Å². The van der Waals surface area contributed by atoms with Gasteiger partial charge in [-0.1, -0.05) is 18.2 Å². The summed E-state index contributed by atoms with van der Waals surface area (Å²) in [6.45, 7) is 1.26. The molecule has 0 bridgehead atoms. The fourth-order valence-corrected chi connectivity index (χ4v) is 2.16. The molecule has 1 aromatic rings. The van der Waals surface area contributed by atoms with Crippen molar-refractivity contribution in [1.82, 2.24) is 5.32 Å². The second-order valence-corrected chi connectivity index (χ2v) is 4.61. The first kappa shape index (κ1) is 13.0. The van der Waals surface area contributed by atoms with E-state index in [1.54, 1.807) is 19.2 Å². The van der Waals surface area contributed by atoms with Gasteiger partial charge in [0.2, 0.25) is 5.91 Å². The highest BCUT2D eigenvalue weighted by Gasteiger charge is 2.44. The Morgan fingerprint density at radius 1 is 1.50 bits per heavy atom. The molecule has 1 aliphatic carbocycles. The molecule has 0 aromatic heterocycles. The van der Waals surface area contributed by atoms with Crippen LogP contribution in [0.3, 0.4) is 0 Å². The molecule has 3 nitrogen and oxygen atoms in total. The number of hydrogen-bond acceptors (Lipinski definition) is 2. The van der Waals surface area contributed by atoms with Crippen molar-refractivity contribution in [2.24, 2.45) is 5.92 Å². The maximum absolute atomic E-state index is 13.5. The quantitative estimate of drug-likeness (QED) is 0.786. The van der Waals surface area contributed by atoms with E-state index in [1.165, 1.54) is 6.07 Å². The highest BCUT2D eigenvalue weighted by molar-refractivity contribution is 5.82. The van der Waals surface area contributed by atoms with E-state index in [0.717, 1.165) is 12.8 Å². The van der Waals surface area contributed by atoms with E-state index >= 15 is 0 Å². The minimum absolute atomic E-state index is 0.0272. The third-order valence-electron chi connectivity index (χ3n) is 3.26. The van der Waals surface area contributed by atoms with Gasteiger partial charge < -0.3 is 10.1 Å². The summed E-state index contributed by atoms with van der Waals surface area (Å²) in [5.74, 6) is -0.199. The van der Waals surface area contributed by atoms with Crippen molar-refractivity contribution in [1.29, 1.82) is 0 Å². The molecule has 1 saturated carbocycles. The van der Waals surface area contributed by atoms with Crippen molar-refractivity contribution in [3.63, 3.8) is 0 Å². The molecular formula is C14H18FNO2. The molecule has 98 valence electrons. The Morgan fingerprint density at radius 2 is 2.28 bits per heavy atom. The van der Waals surface area contributed by atoms with Crippen LogP contribution in [0.15, 0.2) is 24.3 Å². The van der Waals surface area contributed by atoms with Crippen LogP contribution in [0.5, 0.6) is 0 Å². The molecule has 2 rings (SSSR count). The number of hydrogen-bond donors (Lipinski definition) is 1. The molecule has 0 radical (unpaired) electrons. The number of rotatable bonds is 6. The van der Waals surface area contributed by atoms with Crippen LogP contribution in [-0.4, -0.2) is 26.2 Å². The molecule has 0 spiro atoms. The molecule has 1 aromatic carbocycles. The third kappa shape index (κ3) is 3.07. The summed E-state index contributed by atoms with van der Waals surface area (Å²) < 4.78 is 18.4. The molecule has 0 heterocycles. The highest BCUT2D eigenvalue weighted by Crippen LogP contribution is 2.48. The molecular weight excluding hydrogens is 233 g/mol. The number of benzene rings is 1. The Hall–Kier alpha value is -1.42. The zero-order valence-electron chi connectivity index (χ0n) is 10.5. The van der Waals surface area contributed by atoms with Crippen molar-refractivity contribution >= 4 is 5.91 Å². The monoisotopic (exact) mass is 251 g/mol. The largest absolute Gasteiger partial charge is 0.385 e. The Morgan fingerprint density at radius 3 is 3.00 bits per heavy atom. The average molecular weight is 251 g/mol. The van der Waals surface area contributed by atoms with E-state index in [0.29, 0.717) is 18.7 Å².